The van der Waals surface area contributed by atoms with Gasteiger partial charge in [-0.2, -0.15) is 5.10 Å². The molecule has 1 aromatic rings. The van der Waals surface area contributed by atoms with Gasteiger partial charge in [-0.3, -0.25) is 9.48 Å². The zero-order valence-electron chi connectivity index (χ0n) is 8.66. The molecule has 2 rings (SSSR count). The fourth-order valence-electron chi connectivity index (χ4n) is 2.12. The van der Waals surface area contributed by atoms with Crippen molar-refractivity contribution in [3.05, 3.63) is 16.9 Å². The van der Waals surface area contributed by atoms with E-state index < -0.39 is 5.54 Å². The van der Waals surface area contributed by atoms with Gasteiger partial charge in [-0.05, 0) is 48.8 Å². The molecular weight excluding hydrogens is 258 g/mol. The van der Waals surface area contributed by atoms with Crippen LogP contribution in [0.25, 0.3) is 0 Å². The zero-order valence-corrected chi connectivity index (χ0v) is 10.2. The quantitative estimate of drug-likeness (QED) is 0.883. The van der Waals surface area contributed by atoms with E-state index in [-0.39, 0.29) is 5.78 Å². The Labute approximate surface area is 97.2 Å². The first-order valence-corrected chi connectivity index (χ1v) is 5.87. The van der Waals surface area contributed by atoms with Gasteiger partial charge >= 0.3 is 0 Å². The second-order valence-corrected chi connectivity index (χ2v) is 4.86. The van der Waals surface area contributed by atoms with Crippen LogP contribution in [-0.4, -0.2) is 28.7 Å². The summed E-state index contributed by atoms with van der Waals surface area (Å²) < 4.78 is 2.72. The molecule has 0 radical (unpaired) electrons. The molecule has 0 aliphatic carbocycles. The molecule has 0 spiro atoms. The summed E-state index contributed by atoms with van der Waals surface area (Å²) in [5.41, 5.74) is -0.433. The van der Waals surface area contributed by atoms with Crippen LogP contribution >= 0.6 is 15.9 Å². The number of hydrogen-bond acceptors (Lipinski definition) is 3. The van der Waals surface area contributed by atoms with Gasteiger partial charge in [0.05, 0.1) is 10.7 Å². The maximum absolute atomic E-state index is 11.8. The minimum absolute atomic E-state index is 0.194. The fraction of sp³-hybridized carbons (Fsp3) is 0.600. The van der Waals surface area contributed by atoms with Crippen LogP contribution in [0, 0.1) is 0 Å². The molecule has 1 aliphatic rings. The van der Waals surface area contributed by atoms with E-state index in [0.29, 0.717) is 0 Å². The molecule has 0 atom stereocenters. The van der Waals surface area contributed by atoms with Crippen molar-refractivity contribution in [2.45, 2.75) is 25.3 Å². The average molecular weight is 272 g/mol. The highest BCUT2D eigenvalue weighted by Crippen LogP contribution is 2.29. The molecule has 0 saturated carbocycles. The van der Waals surface area contributed by atoms with Crippen LogP contribution in [0.15, 0.2) is 16.9 Å². The topological polar surface area (TPSA) is 46.9 Å². The van der Waals surface area contributed by atoms with Crippen LogP contribution in [0.3, 0.4) is 0 Å². The summed E-state index contributed by atoms with van der Waals surface area (Å²) in [5, 5.41) is 7.52. The molecule has 1 aliphatic heterocycles. The van der Waals surface area contributed by atoms with E-state index in [1.807, 2.05) is 6.20 Å². The van der Waals surface area contributed by atoms with Crippen molar-refractivity contribution in [1.29, 1.82) is 0 Å². The molecule has 15 heavy (non-hydrogen) atoms. The van der Waals surface area contributed by atoms with Crippen molar-refractivity contribution in [3.8, 4) is 0 Å². The molecule has 0 bridgehead atoms. The summed E-state index contributed by atoms with van der Waals surface area (Å²) in [6.45, 7) is 3.40. The van der Waals surface area contributed by atoms with Crippen LogP contribution in [0.2, 0.25) is 0 Å². The number of ketones is 1. The maximum atomic E-state index is 11.8. The van der Waals surface area contributed by atoms with E-state index in [9.17, 15) is 4.79 Å². The highest BCUT2D eigenvalue weighted by Gasteiger charge is 2.39. The van der Waals surface area contributed by atoms with Crippen LogP contribution < -0.4 is 5.32 Å². The van der Waals surface area contributed by atoms with E-state index >= 15 is 0 Å². The van der Waals surface area contributed by atoms with Crippen LogP contribution in [0.5, 0.6) is 0 Å². The molecule has 4 nitrogen and oxygen atoms in total. The lowest BCUT2D eigenvalue weighted by Gasteiger charge is -2.35. The number of carbonyl (C=O) groups is 1. The van der Waals surface area contributed by atoms with Gasteiger partial charge in [0.25, 0.3) is 0 Å². The molecule has 0 aromatic carbocycles. The highest BCUT2D eigenvalue weighted by molar-refractivity contribution is 9.10. The Morgan fingerprint density at radius 3 is 2.73 bits per heavy atom. The lowest BCUT2D eigenvalue weighted by Crippen LogP contribution is -2.49. The van der Waals surface area contributed by atoms with Gasteiger partial charge in [0.1, 0.15) is 5.54 Å². The van der Waals surface area contributed by atoms with Crippen molar-refractivity contribution >= 4 is 21.7 Å². The van der Waals surface area contributed by atoms with Gasteiger partial charge in [-0.25, -0.2) is 0 Å². The SMILES string of the molecule is CC(=O)C1(n2cc(Br)cn2)CCNCC1. The molecular formula is C10H14BrN3O. The second-order valence-electron chi connectivity index (χ2n) is 3.94. The second kappa shape index (κ2) is 4.06. The predicted molar refractivity (Wildman–Crippen MR) is 60.7 cm³/mol. The first-order valence-electron chi connectivity index (χ1n) is 5.07. The van der Waals surface area contributed by atoms with Gasteiger partial charge in [0.15, 0.2) is 5.78 Å². The molecule has 0 unspecified atom stereocenters. The molecule has 1 saturated heterocycles. The molecule has 1 aromatic heterocycles. The van der Waals surface area contributed by atoms with E-state index in [1.54, 1.807) is 17.8 Å². The van der Waals surface area contributed by atoms with Crippen LogP contribution in [0.4, 0.5) is 0 Å². The molecule has 2 heterocycles. The third kappa shape index (κ3) is 1.86. The molecule has 1 fully saturated rings. The van der Waals surface area contributed by atoms with Gasteiger partial charge in [-0.15, -0.1) is 0 Å². The first-order chi connectivity index (χ1) is 7.15. The lowest BCUT2D eigenvalue weighted by molar-refractivity contribution is -0.127. The fourth-order valence-corrected chi connectivity index (χ4v) is 2.40. The Bertz CT molecular complexity index is 368. The average Bonchev–Trinajstić information content (AvgIpc) is 2.66. The number of carbonyl (C=O) groups excluding carboxylic acids is 1. The standard InChI is InChI=1S/C10H14BrN3O/c1-8(15)10(2-4-12-5-3-10)14-7-9(11)6-13-14/h6-7,12H,2-5H2,1H3. The van der Waals surface area contributed by atoms with Crippen molar-refractivity contribution in [2.75, 3.05) is 13.1 Å². The van der Waals surface area contributed by atoms with Crippen molar-refractivity contribution < 1.29 is 4.79 Å². The van der Waals surface area contributed by atoms with E-state index in [1.165, 1.54) is 0 Å². The molecule has 82 valence electrons. The molecule has 1 N–H and O–H groups in total. The number of rotatable bonds is 2. The maximum Gasteiger partial charge on any atom is 0.157 e. The number of hydrogen-bond donors (Lipinski definition) is 1. The minimum Gasteiger partial charge on any atom is -0.317 e. The van der Waals surface area contributed by atoms with E-state index in [2.05, 4.69) is 26.3 Å². The van der Waals surface area contributed by atoms with Crippen molar-refractivity contribution in [2.24, 2.45) is 0 Å². The summed E-state index contributed by atoms with van der Waals surface area (Å²) >= 11 is 3.36. The monoisotopic (exact) mass is 271 g/mol. The predicted octanol–water partition coefficient (Wildman–Crippen LogP) is 1.31. The van der Waals surface area contributed by atoms with E-state index in [0.717, 1.165) is 30.4 Å². The molecule has 0 amide bonds. The zero-order chi connectivity index (χ0) is 10.9. The van der Waals surface area contributed by atoms with Gasteiger partial charge in [-0.1, -0.05) is 0 Å². The smallest absolute Gasteiger partial charge is 0.157 e. The van der Waals surface area contributed by atoms with Gasteiger partial charge in [0.2, 0.25) is 0 Å². The first kappa shape index (κ1) is 10.8. The van der Waals surface area contributed by atoms with Crippen molar-refractivity contribution in [1.82, 2.24) is 15.1 Å². The normalized spacial score (nSPS) is 20.1. The molecule has 5 heteroatoms. The highest BCUT2D eigenvalue weighted by atomic mass is 79.9. The number of nitrogens with zero attached hydrogens (tertiary/aromatic N) is 2. The lowest BCUT2D eigenvalue weighted by atomic mass is 9.85. The Kier molecular flexibility index (Phi) is 2.93. The largest absolute Gasteiger partial charge is 0.317 e. The van der Waals surface area contributed by atoms with Crippen LogP contribution in [-0.2, 0) is 10.3 Å². The third-order valence-electron chi connectivity index (χ3n) is 3.08. The number of piperidine rings is 1. The Balaban J connectivity index is 2.37. The summed E-state index contributed by atoms with van der Waals surface area (Å²) in [4.78, 5) is 11.8. The number of halogens is 1. The minimum atomic E-state index is -0.433. The van der Waals surface area contributed by atoms with Crippen molar-refractivity contribution in [3.63, 3.8) is 0 Å². The summed E-state index contributed by atoms with van der Waals surface area (Å²) in [7, 11) is 0. The number of Topliss-reactive ketones (excluding diaryl/α,β-unsaturated/α-hetero) is 1. The Hall–Kier alpha value is -0.680. The van der Waals surface area contributed by atoms with Gasteiger partial charge in [0, 0.05) is 6.20 Å². The summed E-state index contributed by atoms with van der Waals surface area (Å²) in [6.07, 6.45) is 5.24. The Morgan fingerprint density at radius 1 is 1.60 bits per heavy atom. The third-order valence-corrected chi connectivity index (χ3v) is 3.49. The van der Waals surface area contributed by atoms with Crippen LogP contribution in [0.1, 0.15) is 19.8 Å². The summed E-state index contributed by atoms with van der Waals surface area (Å²) in [5.74, 6) is 0.194. The van der Waals surface area contributed by atoms with Gasteiger partial charge < -0.3 is 5.32 Å². The Morgan fingerprint density at radius 2 is 2.27 bits per heavy atom. The number of aromatic nitrogens is 2. The number of nitrogens with one attached hydrogen (secondary N) is 1. The summed E-state index contributed by atoms with van der Waals surface area (Å²) in [6, 6.07) is 0. The van der Waals surface area contributed by atoms with E-state index in [4.69, 9.17) is 0 Å².